The number of nitrogens with two attached hydrogens (primary N) is 1. The number of carbonyl (C=O) groups is 2. The van der Waals surface area contributed by atoms with Crippen LogP contribution >= 0.6 is 11.3 Å². The molecule has 2 N–H and O–H groups in total. The molecular formula is C15H22N2O4S. The molecule has 0 aliphatic carbocycles. The van der Waals surface area contributed by atoms with Crippen LogP contribution in [0.3, 0.4) is 0 Å². The number of hydrogen-bond donors (Lipinski definition) is 1. The molecule has 1 aromatic heterocycles. The quantitative estimate of drug-likeness (QED) is 0.803. The van der Waals surface area contributed by atoms with E-state index >= 15 is 0 Å². The van der Waals surface area contributed by atoms with Crippen LogP contribution in [0, 0.1) is 0 Å². The highest BCUT2D eigenvalue weighted by atomic mass is 32.1. The number of rotatable bonds is 1. The minimum atomic E-state index is -0.530. The van der Waals surface area contributed by atoms with Gasteiger partial charge in [0.1, 0.15) is 10.5 Å². The molecule has 7 heteroatoms. The first-order chi connectivity index (χ1) is 10.2. The van der Waals surface area contributed by atoms with Gasteiger partial charge >= 0.3 is 12.1 Å². The highest BCUT2D eigenvalue weighted by Gasteiger charge is 2.28. The molecule has 1 amide bonds. The second kappa shape index (κ2) is 6.16. The first-order valence-corrected chi connectivity index (χ1v) is 8.01. The van der Waals surface area contributed by atoms with Crippen LogP contribution in [0.4, 0.5) is 10.5 Å². The van der Waals surface area contributed by atoms with E-state index in [0.29, 0.717) is 23.7 Å². The molecule has 0 atom stereocenters. The molecule has 2 heterocycles. The summed E-state index contributed by atoms with van der Waals surface area (Å²) in [5.74, 6) is -0.431. The molecule has 0 saturated heterocycles. The second-order valence-corrected chi connectivity index (χ2v) is 7.35. The van der Waals surface area contributed by atoms with E-state index in [1.807, 2.05) is 20.8 Å². The summed E-state index contributed by atoms with van der Waals surface area (Å²) in [7, 11) is 1.33. The van der Waals surface area contributed by atoms with E-state index in [4.69, 9.17) is 15.2 Å². The molecule has 0 spiro atoms. The normalized spacial score (nSPS) is 15.0. The van der Waals surface area contributed by atoms with E-state index < -0.39 is 11.6 Å². The van der Waals surface area contributed by atoms with Gasteiger partial charge in [-0.3, -0.25) is 0 Å². The second-order valence-electron chi connectivity index (χ2n) is 6.24. The maximum Gasteiger partial charge on any atom is 0.410 e. The molecule has 1 aliphatic heterocycles. The number of nitrogens with zero attached hydrogens (tertiary/aromatic N) is 1. The lowest BCUT2D eigenvalue weighted by atomic mass is 10.1. The minimum absolute atomic E-state index is 0.341. The molecule has 22 heavy (non-hydrogen) atoms. The number of esters is 1. The first kappa shape index (κ1) is 16.6. The molecule has 0 fully saturated rings. The van der Waals surface area contributed by atoms with Gasteiger partial charge in [0.15, 0.2) is 0 Å². The molecule has 0 saturated carbocycles. The molecule has 6 nitrogen and oxygen atoms in total. The average molecular weight is 326 g/mol. The molecule has 0 bridgehead atoms. The predicted octanol–water partition coefficient (Wildman–Crippen LogP) is 2.80. The fourth-order valence-electron chi connectivity index (χ4n) is 2.35. The average Bonchev–Trinajstić information content (AvgIpc) is 2.62. The Hall–Kier alpha value is -1.76. The van der Waals surface area contributed by atoms with Crippen LogP contribution in [0.2, 0.25) is 0 Å². The molecule has 1 aliphatic rings. The zero-order valence-electron chi connectivity index (χ0n) is 13.4. The topological polar surface area (TPSA) is 81.9 Å². The molecule has 2 rings (SSSR count). The van der Waals surface area contributed by atoms with Gasteiger partial charge in [-0.2, -0.15) is 0 Å². The summed E-state index contributed by atoms with van der Waals surface area (Å²) in [6.07, 6.45) is 1.19. The third kappa shape index (κ3) is 3.52. The van der Waals surface area contributed by atoms with Gasteiger partial charge in [0.25, 0.3) is 0 Å². The molecular weight excluding hydrogens is 304 g/mol. The van der Waals surface area contributed by atoms with Crippen LogP contribution < -0.4 is 5.73 Å². The zero-order valence-corrected chi connectivity index (χ0v) is 14.2. The molecule has 0 radical (unpaired) electrons. The van der Waals surface area contributed by atoms with Gasteiger partial charge < -0.3 is 20.1 Å². The van der Waals surface area contributed by atoms with Crippen LogP contribution in [0.1, 0.15) is 47.3 Å². The summed E-state index contributed by atoms with van der Waals surface area (Å²) in [6.45, 7) is 6.55. The van der Waals surface area contributed by atoms with Crippen molar-refractivity contribution in [2.24, 2.45) is 0 Å². The summed E-state index contributed by atoms with van der Waals surface area (Å²) < 4.78 is 10.2. The Morgan fingerprint density at radius 3 is 2.59 bits per heavy atom. The van der Waals surface area contributed by atoms with E-state index in [9.17, 15) is 9.59 Å². The highest BCUT2D eigenvalue weighted by molar-refractivity contribution is 7.14. The lowest BCUT2D eigenvalue weighted by Crippen LogP contribution is -2.36. The maximum atomic E-state index is 12.2. The van der Waals surface area contributed by atoms with Crippen LogP contribution in [0.5, 0.6) is 0 Å². The fourth-order valence-corrected chi connectivity index (χ4v) is 3.56. The fraction of sp³-hybridized carbons (Fsp3) is 0.600. The van der Waals surface area contributed by atoms with Crippen molar-refractivity contribution < 1.29 is 19.1 Å². The lowest BCUT2D eigenvalue weighted by Gasteiger charge is -2.26. The van der Waals surface area contributed by atoms with Gasteiger partial charge in [-0.1, -0.05) is 0 Å². The van der Waals surface area contributed by atoms with E-state index in [0.717, 1.165) is 23.3 Å². The van der Waals surface area contributed by atoms with Gasteiger partial charge in [0, 0.05) is 11.4 Å². The van der Waals surface area contributed by atoms with E-state index in [-0.39, 0.29) is 6.09 Å². The van der Waals surface area contributed by atoms with Crippen LogP contribution in [0.25, 0.3) is 0 Å². The number of thiophene rings is 1. The maximum absolute atomic E-state index is 12.2. The Morgan fingerprint density at radius 1 is 1.32 bits per heavy atom. The third-order valence-corrected chi connectivity index (χ3v) is 4.56. The van der Waals surface area contributed by atoms with Gasteiger partial charge in [-0.15, -0.1) is 11.3 Å². The van der Waals surface area contributed by atoms with Crippen molar-refractivity contribution in [3.05, 3.63) is 15.3 Å². The van der Waals surface area contributed by atoms with Crippen molar-refractivity contribution in [2.75, 3.05) is 19.4 Å². The van der Waals surface area contributed by atoms with E-state index in [2.05, 4.69) is 0 Å². The van der Waals surface area contributed by atoms with Crippen molar-refractivity contribution in [1.29, 1.82) is 0 Å². The third-order valence-electron chi connectivity index (χ3n) is 3.34. The summed E-state index contributed by atoms with van der Waals surface area (Å²) in [5.41, 5.74) is 6.98. The number of amides is 1. The van der Waals surface area contributed by atoms with Gasteiger partial charge in [-0.05, 0) is 39.2 Å². The Labute approximate surface area is 134 Å². The number of carbonyl (C=O) groups excluding carboxylic acids is 2. The number of fused-ring (bicyclic) bond motifs is 1. The number of hydrogen-bond acceptors (Lipinski definition) is 6. The summed E-state index contributed by atoms with van der Waals surface area (Å²) in [5, 5.41) is 0. The van der Waals surface area contributed by atoms with Crippen molar-refractivity contribution in [3.8, 4) is 0 Å². The Bertz CT molecular complexity index is 589. The van der Waals surface area contributed by atoms with Crippen molar-refractivity contribution in [3.63, 3.8) is 0 Å². The van der Waals surface area contributed by atoms with Crippen molar-refractivity contribution in [1.82, 2.24) is 4.90 Å². The zero-order chi connectivity index (χ0) is 16.5. The van der Waals surface area contributed by atoms with Gasteiger partial charge in [0.2, 0.25) is 0 Å². The first-order valence-electron chi connectivity index (χ1n) is 7.19. The lowest BCUT2D eigenvalue weighted by molar-refractivity contribution is 0.0238. The number of methoxy groups -OCH3 is 1. The number of ether oxygens (including phenoxy) is 2. The Morgan fingerprint density at radius 2 is 2.00 bits per heavy atom. The monoisotopic (exact) mass is 326 g/mol. The van der Waals surface area contributed by atoms with Gasteiger partial charge in [-0.25, -0.2) is 9.59 Å². The summed E-state index contributed by atoms with van der Waals surface area (Å²) in [6, 6.07) is 0. The van der Waals surface area contributed by atoms with E-state index in [1.54, 1.807) is 4.90 Å². The number of nitrogen functional groups attached to an aromatic ring is 1. The molecule has 0 aromatic carbocycles. The largest absolute Gasteiger partial charge is 0.465 e. The van der Waals surface area contributed by atoms with Crippen LogP contribution in [0.15, 0.2) is 0 Å². The minimum Gasteiger partial charge on any atom is -0.465 e. The standard InChI is InChI=1S/C15H22N2O4S/c1-15(2,3)21-14(19)17-7-5-6-9-10(8-17)22-12(11(9)16)13(18)20-4/h5-8,16H2,1-4H3. The summed E-state index contributed by atoms with van der Waals surface area (Å²) >= 11 is 1.30. The SMILES string of the molecule is COC(=O)c1sc2c(c1N)CCCN(C(=O)OC(C)(C)C)C2. The van der Waals surface area contributed by atoms with Crippen molar-refractivity contribution >= 4 is 29.1 Å². The number of anilines is 1. The van der Waals surface area contributed by atoms with Gasteiger partial charge in [0.05, 0.1) is 19.3 Å². The molecule has 0 unspecified atom stereocenters. The van der Waals surface area contributed by atoms with E-state index in [1.165, 1.54) is 18.4 Å². The Kier molecular flexibility index (Phi) is 4.65. The smallest absolute Gasteiger partial charge is 0.410 e. The Balaban J connectivity index is 2.23. The van der Waals surface area contributed by atoms with Crippen LogP contribution in [-0.4, -0.2) is 36.2 Å². The van der Waals surface area contributed by atoms with Crippen LogP contribution in [-0.2, 0) is 22.4 Å². The van der Waals surface area contributed by atoms with Crippen molar-refractivity contribution in [2.45, 2.75) is 45.8 Å². The summed E-state index contributed by atoms with van der Waals surface area (Å²) in [4.78, 5) is 27.0. The predicted molar refractivity (Wildman–Crippen MR) is 85.0 cm³/mol. The molecule has 122 valence electrons. The molecule has 1 aromatic rings. The highest BCUT2D eigenvalue weighted by Crippen LogP contribution is 2.35.